The Hall–Kier alpha value is -4.99. The van der Waals surface area contributed by atoms with Crippen molar-refractivity contribution in [3.05, 3.63) is 170 Å². The molecule has 0 amide bonds. The van der Waals surface area contributed by atoms with Crippen molar-refractivity contribution >= 4 is 39.7 Å². The molecule has 0 saturated carbocycles. The molecular weight excluding hydrogens is 549 g/mol. The van der Waals surface area contributed by atoms with Crippen LogP contribution in [0.4, 0.5) is 0 Å². The lowest BCUT2D eigenvalue weighted by Gasteiger charge is -2.36. The van der Waals surface area contributed by atoms with Crippen LogP contribution in [-0.4, -0.2) is 17.6 Å². The SMILES string of the molecule is CC(C)(C)c1cn(-c2ccc([Si](c3ccccc3)(c3ccccc3)c3ccccc3-c3ccccn3)cc2)c2ccccc12. The molecule has 0 saturated heterocycles. The third kappa shape index (κ3) is 4.70. The maximum Gasteiger partial charge on any atom is 0.180 e. The van der Waals surface area contributed by atoms with Crippen LogP contribution in [0.5, 0.6) is 0 Å². The van der Waals surface area contributed by atoms with Gasteiger partial charge in [0, 0.05) is 29.0 Å². The van der Waals surface area contributed by atoms with Crippen LogP contribution in [-0.2, 0) is 5.41 Å². The number of benzene rings is 5. The summed E-state index contributed by atoms with van der Waals surface area (Å²) in [4.78, 5) is 4.83. The summed E-state index contributed by atoms with van der Waals surface area (Å²) in [5.74, 6) is 0. The van der Waals surface area contributed by atoms with Gasteiger partial charge in [0.15, 0.2) is 8.07 Å². The zero-order chi connectivity index (χ0) is 30.1. The standard InChI is InChI=1S/C41H36N2Si/c1-41(2,3)37-30-43(39-23-12-10-20-35(37)39)31-25-27-34(28-26-31)44(32-16-6-4-7-17-32,33-18-8-5-9-19-33)40-24-13-11-21-36(40)38-22-14-15-29-42-38/h4-30H,1-3H3. The number of pyridine rings is 1. The highest BCUT2D eigenvalue weighted by Crippen LogP contribution is 2.33. The molecular formula is C41H36N2Si. The molecule has 0 radical (unpaired) electrons. The van der Waals surface area contributed by atoms with Gasteiger partial charge in [0.1, 0.15) is 0 Å². The Labute approximate surface area is 261 Å². The number of para-hydroxylation sites is 1. The number of nitrogens with zero attached hydrogens (tertiary/aromatic N) is 2. The van der Waals surface area contributed by atoms with Crippen molar-refractivity contribution in [2.75, 3.05) is 0 Å². The Morgan fingerprint density at radius 2 is 1.11 bits per heavy atom. The molecule has 3 heteroatoms. The molecule has 0 fully saturated rings. The maximum absolute atomic E-state index is 4.83. The van der Waals surface area contributed by atoms with Crippen LogP contribution in [0.1, 0.15) is 26.3 Å². The summed E-state index contributed by atoms with van der Waals surface area (Å²) in [7, 11) is -2.78. The first-order chi connectivity index (χ1) is 21.5. The lowest BCUT2D eigenvalue weighted by Crippen LogP contribution is -2.75. The van der Waals surface area contributed by atoms with Crippen molar-refractivity contribution in [2.24, 2.45) is 0 Å². The van der Waals surface area contributed by atoms with Crippen LogP contribution < -0.4 is 20.7 Å². The number of fused-ring (bicyclic) bond motifs is 1. The summed E-state index contributed by atoms with van der Waals surface area (Å²) < 4.78 is 2.36. The molecule has 0 aliphatic heterocycles. The number of hydrogen-bond acceptors (Lipinski definition) is 1. The van der Waals surface area contributed by atoms with Crippen LogP contribution in [0, 0.1) is 0 Å². The van der Waals surface area contributed by atoms with Gasteiger partial charge in [0.2, 0.25) is 0 Å². The van der Waals surface area contributed by atoms with Crippen molar-refractivity contribution < 1.29 is 0 Å². The van der Waals surface area contributed by atoms with E-state index in [0.717, 1.165) is 5.69 Å². The van der Waals surface area contributed by atoms with E-state index in [9.17, 15) is 0 Å². The smallest absolute Gasteiger partial charge is 0.180 e. The quantitative estimate of drug-likeness (QED) is 0.147. The number of rotatable bonds is 6. The monoisotopic (exact) mass is 584 g/mol. The molecule has 2 nitrogen and oxygen atoms in total. The fourth-order valence-corrected chi connectivity index (χ4v) is 11.7. The lowest BCUT2D eigenvalue weighted by atomic mass is 9.87. The predicted molar refractivity (Wildman–Crippen MR) is 189 cm³/mol. The molecule has 0 atom stereocenters. The van der Waals surface area contributed by atoms with Gasteiger partial charge in [-0.1, -0.05) is 142 Å². The van der Waals surface area contributed by atoms with E-state index in [1.165, 1.54) is 48.5 Å². The average Bonchev–Trinajstić information content (AvgIpc) is 3.48. The molecule has 44 heavy (non-hydrogen) atoms. The van der Waals surface area contributed by atoms with Gasteiger partial charge in [-0.2, -0.15) is 0 Å². The largest absolute Gasteiger partial charge is 0.316 e. The van der Waals surface area contributed by atoms with Gasteiger partial charge in [0.25, 0.3) is 0 Å². The summed E-state index contributed by atoms with van der Waals surface area (Å²) in [6.07, 6.45) is 4.22. The van der Waals surface area contributed by atoms with E-state index in [4.69, 9.17) is 4.98 Å². The zero-order valence-corrected chi connectivity index (χ0v) is 26.5. The van der Waals surface area contributed by atoms with Gasteiger partial charge >= 0.3 is 0 Å². The topological polar surface area (TPSA) is 17.8 Å². The van der Waals surface area contributed by atoms with Crippen LogP contribution in [0.3, 0.4) is 0 Å². The zero-order valence-electron chi connectivity index (χ0n) is 25.5. The van der Waals surface area contributed by atoms with Gasteiger partial charge in [-0.05, 0) is 62.1 Å². The predicted octanol–water partition coefficient (Wildman–Crippen LogP) is 7.37. The molecule has 5 aromatic carbocycles. The Morgan fingerprint density at radius 1 is 0.545 bits per heavy atom. The second kappa shape index (κ2) is 11.3. The Bertz CT molecular complexity index is 1980. The number of aromatic nitrogens is 2. The van der Waals surface area contributed by atoms with Crippen LogP contribution in [0.15, 0.2) is 164 Å². The lowest BCUT2D eigenvalue weighted by molar-refractivity contribution is 0.594. The summed E-state index contributed by atoms with van der Waals surface area (Å²) in [5.41, 5.74) is 5.99. The molecule has 0 unspecified atom stereocenters. The fourth-order valence-electron chi connectivity index (χ4n) is 6.76. The van der Waals surface area contributed by atoms with E-state index in [1.807, 2.05) is 12.3 Å². The Kier molecular flexibility index (Phi) is 7.12. The van der Waals surface area contributed by atoms with Gasteiger partial charge in [-0.25, -0.2) is 0 Å². The van der Waals surface area contributed by atoms with Gasteiger partial charge in [-0.3, -0.25) is 4.98 Å². The highest BCUT2D eigenvalue weighted by atomic mass is 28.3. The Morgan fingerprint density at radius 3 is 1.75 bits per heavy atom. The minimum atomic E-state index is -2.78. The van der Waals surface area contributed by atoms with Crippen LogP contribution >= 0.6 is 0 Å². The first kappa shape index (κ1) is 27.8. The highest BCUT2D eigenvalue weighted by Gasteiger charge is 2.43. The second-order valence-corrected chi connectivity index (χ2v) is 16.2. The van der Waals surface area contributed by atoms with Crippen molar-refractivity contribution in [1.29, 1.82) is 0 Å². The molecule has 7 rings (SSSR count). The number of hydrogen-bond donors (Lipinski definition) is 0. The van der Waals surface area contributed by atoms with Crippen molar-refractivity contribution in [1.82, 2.24) is 9.55 Å². The maximum atomic E-state index is 4.83. The molecule has 0 N–H and O–H groups in total. The van der Waals surface area contributed by atoms with E-state index >= 15 is 0 Å². The summed E-state index contributed by atoms with van der Waals surface area (Å²) in [5, 5.41) is 6.69. The van der Waals surface area contributed by atoms with E-state index in [2.05, 4.69) is 177 Å². The van der Waals surface area contributed by atoms with Crippen LogP contribution in [0.25, 0.3) is 27.8 Å². The molecule has 0 bridgehead atoms. The third-order valence-electron chi connectivity index (χ3n) is 8.78. The normalized spacial score (nSPS) is 12.0. The minimum absolute atomic E-state index is 0.0443. The highest BCUT2D eigenvalue weighted by molar-refractivity contribution is 7.20. The average molecular weight is 585 g/mol. The van der Waals surface area contributed by atoms with E-state index < -0.39 is 8.07 Å². The van der Waals surface area contributed by atoms with Crippen molar-refractivity contribution in [3.63, 3.8) is 0 Å². The van der Waals surface area contributed by atoms with Crippen molar-refractivity contribution in [2.45, 2.75) is 26.2 Å². The van der Waals surface area contributed by atoms with E-state index in [1.54, 1.807) is 0 Å². The second-order valence-electron chi connectivity index (χ2n) is 12.5. The molecule has 214 valence electrons. The molecule has 0 aliphatic carbocycles. The van der Waals surface area contributed by atoms with E-state index in [-0.39, 0.29) is 5.41 Å². The first-order valence-corrected chi connectivity index (χ1v) is 17.3. The molecule has 2 aromatic heterocycles. The van der Waals surface area contributed by atoms with Crippen LogP contribution in [0.2, 0.25) is 0 Å². The third-order valence-corrected chi connectivity index (χ3v) is 13.6. The molecule has 2 heterocycles. The molecule has 0 spiro atoms. The first-order valence-electron chi connectivity index (χ1n) is 15.3. The summed E-state index contributed by atoms with van der Waals surface area (Å²) >= 11 is 0. The molecule has 0 aliphatic rings. The van der Waals surface area contributed by atoms with Crippen molar-refractivity contribution in [3.8, 4) is 16.9 Å². The van der Waals surface area contributed by atoms with Gasteiger partial charge in [-0.15, -0.1) is 0 Å². The summed E-state index contributed by atoms with van der Waals surface area (Å²) in [6, 6.07) is 55.4. The fraction of sp³-hybridized carbons (Fsp3) is 0.0976. The van der Waals surface area contributed by atoms with Gasteiger partial charge < -0.3 is 4.57 Å². The summed E-state index contributed by atoms with van der Waals surface area (Å²) in [6.45, 7) is 6.88. The van der Waals surface area contributed by atoms with Gasteiger partial charge in [0.05, 0.1) is 11.2 Å². The van der Waals surface area contributed by atoms with E-state index in [0.29, 0.717) is 0 Å². The Balaban J connectivity index is 1.50. The minimum Gasteiger partial charge on any atom is -0.316 e. The molecule has 7 aromatic rings.